The highest BCUT2D eigenvalue weighted by atomic mass is 31.2. The Bertz CT molecular complexity index is 1390. The maximum Gasteiger partial charge on any atom is 0.342 e. The lowest BCUT2D eigenvalue weighted by atomic mass is 9.99. The van der Waals surface area contributed by atoms with Crippen LogP contribution in [0.1, 0.15) is 39.7 Å². The number of H-pyrrole nitrogens is 1. The Balaban J connectivity index is 1.54. The normalized spacial score (nSPS) is 21.5. The first-order valence-corrected chi connectivity index (χ1v) is 13.8. The molecular formula is C24H31N6O6P. The number of nitrogens with two attached hydrogens (primary N) is 1. The van der Waals surface area contributed by atoms with Crippen molar-refractivity contribution in [3.63, 3.8) is 0 Å². The third-order valence-electron chi connectivity index (χ3n) is 6.13. The van der Waals surface area contributed by atoms with Crippen LogP contribution in [0.15, 0.2) is 53.6 Å². The average Bonchev–Trinajstić information content (AvgIpc) is 3.48. The highest BCUT2D eigenvalue weighted by Gasteiger charge is 2.39. The first kappa shape index (κ1) is 26.6. The van der Waals surface area contributed by atoms with Crippen LogP contribution in [-0.4, -0.2) is 50.1 Å². The Labute approximate surface area is 213 Å². The summed E-state index contributed by atoms with van der Waals surface area (Å²) in [5.41, 5.74) is 5.10. The lowest BCUT2D eigenvalue weighted by molar-refractivity contribution is -0.144. The molecule has 0 aliphatic heterocycles. The number of para-hydroxylation sites is 1. The Morgan fingerprint density at radius 2 is 2.11 bits per heavy atom. The quantitative estimate of drug-likeness (QED) is 0.191. The SMILES string of the molecule is CCOC(=O)[C@H](C)NP(=O)(CO[C@]1(CC)C=C[C@H](n2cnc3c(=O)[nH]c(N)nc32)C1)Oc1ccccc1. The zero-order valence-electron chi connectivity index (χ0n) is 20.9. The molecule has 0 saturated carbocycles. The number of carbonyl (C=O) groups is 1. The molecule has 4 atom stereocenters. The first-order valence-electron chi connectivity index (χ1n) is 12.0. The van der Waals surface area contributed by atoms with Gasteiger partial charge >= 0.3 is 13.5 Å². The van der Waals surface area contributed by atoms with Crippen molar-refractivity contribution in [2.45, 2.75) is 51.3 Å². The van der Waals surface area contributed by atoms with Crippen LogP contribution in [0.3, 0.4) is 0 Å². The fraction of sp³-hybridized carbons (Fsp3) is 0.417. The number of nitrogen functional groups attached to an aromatic ring is 1. The van der Waals surface area contributed by atoms with Gasteiger partial charge in [-0.1, -0.05) is 37.3 Å². The third kappa shape index (κ3) is 5.93. The number of hydrogen-bond donors (Lipinski definition) is 3. The number of nitrogens with one attached hydrogen (secondary N) is 2. The van der Waals surface area contributed by atoms with Crippen LogP contribution in [0, 0.1) is 0 Å². The first-order chi connectivity index (χ1) is 17.7. The molecule has 198 valence electrons. The maximum atomic E-state index is 13.9. The van der Waals surface area contributed by atoms with Gasteiger partial charge in [-0.2, -0.15) is 4.98 Å². The van der Waals surface area contributed by atoms with E-state index in [-0.39, 0.29) is 30.5 Å². The molecule has 12 nitrogen and oxygen atoms in total. The monoisotopic (exact) mass is 530 g/mol. The molecule has 2 heterocycles. The minimum absolute atomic E-state index is 0.0000227. The fourth-order valence-corrected chi connectivity index (χ4v) is 5.96. The van der Waals surface area contributed by atoms with E-state index < -0.39 is 30.7 Å². The van der Waals surface area contributed by atoms with Gasteiger partial charge < -0.3 is 24.3 Å². The molecular weight excluding hydrogens is 499 g/mol. The van der Waals surface area contributed by atoms with Gasteiger partial charge in [0.15, 0.2) is 11.2 Å². The zero-order valence-corrected chi connectivity index (χ0v) is 21.8. The van der Waals surface area contributed by atoms with E-state index >= 15 is 0 Å². The second-order valence-corrected chi connectivity index (χ2v) is 10.8. The highest BCUT2D eigenvalue weighted by molar-refractivity contribution is 7.57. The van der Waals surface area contributed by atoms with Crippen LogP contribution in [0.4, 0.5) is 5.95 Å². The number of rotatable bonds is 11. The van der Waals surface area contributed by atoms with Gasteiger partial charge in [0.05, 0.1) is 24.6 Å². The average molecular weight is 531 g/mol. The number of carbonyl (C=O) groups excluding carboxylic acids is 1. The van der Waals surface area contributed by atoms with E-state index in [0.717, 1.165) is 0 Å². The van der Waals surface area contributed by atoms with Crippen LogP contribution < -0.4 is 20.9 Å². The minimum atomic E-state index is -3.72. The summed E-state index contributed by atoms with van der Waals surface area (Å²) in [5, 5.41) is 2.80. The molecule has 2 aromatic heterocycles. The van der Waals surface area contributed by atoms with Crippen molar-refractivity contribution in [3.05, 3.63) is 59.2 Å². The van der Waals surface area contributed by atoms with Crippen molar-refractivity contribution in [2.24, 2.45) is 0 Å². The zero-order chi connectivity index (χ0) is 26.6. The number of nitrogens with zero attached hydrogens (tertiary/aromatic N) is 3. The van der Waals surface area contributed by atoms with E-state index in [1.54, 1.807) is 49.0 Å². The number of fused-ring (bicyclic) bond motifs is 1. The summed E-state index contributed by atoms with van der Waals surface area (Å²) in [4.78, 5) is 35.3. The molecule has 4 rings (SSSR count). The van der Waals surface area contributed by atoms with Crippen LogP contribution >= 0.6 is 7.52 Å². The third-order valence-corrected chi connectivity index (χ3v) is 7.89. The number of allylic oxidation sites excluding steroid dienone is 1. The molecule has 1 aromatic carbocycles. The molecule has 1 aliphatic carbocycles. The second kappa shape index (κ2) is 10.9. The Morgan fingerprint density at radius 1 is 1.35 bits per heavy atom. The predicted octanol–water partition coefficient (Wildman–Crippen LogP) is 3.14. The summed E-state index contributed by atoms with van der Waals surface area (Å²) in [6.45, 7) is 5.42. The number of ether oxygens (including phenoxy) is 2. The molecule has 13 heteroatoms. The minimum Gasteiger partial charge on any atom is -0.465 e. The molecule has 0 bridgehead atoms. The summed E-state index contributed by atoms with van der Waals surface area (Å²) >= 11 is 0. The summed E-state index contributed by atoms with van der Waals surface area (Å²) in [7, 11) is -3.72. The van der Waals surface area contributed by atoms with Gasteiger partial charge in [0.2, 0.25) is 5.95 Å². The molecule has 1 unspecified atom stereocenters. The molecule has 0 amide bonds. The van der Waals surface area contributed by atoms with Gasteiger partial charge in [0.25, 0.3) is 5.56 Å². The van der Waals surface area contributed by atoms with Crippen LogP contribution in [0.25, 0.3) is 11.2 Å². The molecule has 0 saturated heterocycles. The van der Waals surface area contributed by atoms with Crippen LogP contribution in [-0.2, 0) is 18.8 Å². The van der Waals surface area contributed by atoms with Crippen molar-refractivity contribution >= 4 is 30.6 Å². The molecule has 3 aromatic rings. The van der Waals surface area contributed by atoms with Crippen molar-refractivity contribution in [1.82, 2.24) is 24.6 Å². The number of aromatic amines is 1. The Hall–Kier alpha value is -3.47. The van der Waals surface area contributed by atoms with Crippen molar-refractivity contribution < 1.29 is 23.4 Å². The van der Waals surface area contributed by atoms with Gasteiger partial charge in [-0.15, -0.1) is 0 Å². The van der Waals surface area contributed by atoms with Gasteiger partial charge in [0, 0.05) is 6.42 Å². The number of esters is 1. The van der Waals surface area contributed by atoms with Crippen LogP contribution in [0.2, 0.25) is 0 Å². The van der Waals surface area contributed by atoms with Gasteiger partial charge in [-0.25, -0.2) is 10.1 Å². The van der Waals surface area contributed by atoms with Crippen LogP contribution in [0.5, 0.6) is 5.75 Å². The molecule has 4 N–H and O–H groups in total. The number of imidazole rings is 1. The standard InChI is InChI=1S/C24H31N6O6P/c1-4-24(12-11-17(13-24)30-14-26-19-20(30)27-23(25)28-21(19)31)35-15-37(33,29-16(3)22(32)34-5-2)36-18-9-7-6-8-10-18/h6-12,14,16-17H,4-5,13,15H2,1-3H3,(H,29,33)(H3,25,27,28,31)/t16-,17-,24+,37?/m0/s1. The fourth-order valence-electron chi connectivity index (χ4n) is 4.19. The summed E-state index contributed by atoms with van der Waals surface area (Å²) < 4.78 is 32.8. The number of hydrogen-bond acceptors (Lipinski definition) is 9. The Kier molecular flexibility index (Phi) is 7.82. The van der Waals surface area contributed by atoms with Gasteiger partial charge in [-0.3, -0.25) is 19.1 Å². The lowest BCUT2D eigenvalue weighted by Crippen LogP contribution is -2.37. The smallest absolute Gasteiger partial charge is 0.342 e. The molecule has 0 radical (unpaired) electrons. The van der Waals surface area contributed by atoms with Crippen molar-refractivity contribution in [1.29, 1.82) is 0 Å². The topological polar surface area (TPSA) is 163 Å². The summed E-state index contributed by atoms with van der Waals surface area (Å²) in [6.07, 6.45) is 6.12. The van der Waals surface area contributed by atoms with E-state index in [4.69, 9.17) is 19.7 Å². The molecule has 0 fully saturated rings. The van der Waals surface area contributed by atoms with Crippen molar-refractivity contribution in [3.8, 4) is 5.75 Å². The van der Waals surface area contributed by atoms with Crippen molar-refractivity contribution in [2.75, 3.05) is 18.7 Å². The number of aromatic nitrogens is 4. The Morgan fingerprint density at radius 3 is 2.81 bits per heavy atom. The predicted molar refractivity (Wildman–Crippen MR) is 138 cm³/mol. The van der Waals surface area contributed by atoms with E-state index in [2.05, 4.69) is 20.0 Å². The van der Waals surface area contributed by atoms with Gasteiger partial charge in [-0.05, 0) is 32.4 Å². The lowest BCUT2D eigenvalue weighted by Gasteiger charge is -2.31. The largest absolute Gasteiger partial charge is 0.465 e. The van der Waals surface area contributed by atoms with E-state index in [1.165, 1.54) is 0 Å². The summed E-state index contributed by atoms with van der Waals surface area (Å²) in [5.74, 6) is -0.165. The number of anilines is 1. The second-order valence-electron chi connectivity index (χ2n) is 8.78. The summed E-state index contributed by atoms with van der Waals surface area (Å²) in [6, 6.07) is 7.58. The van der Waals surface area contributed by atoms with Gasteiger partial charge in [0.1, 0.15) is 18.1 Å². The van der Waals surface area contributed by atoms with E-state index in [1.807, 2.05) is 25.1 Å². The van der Waals surface area contributed by atoms with E-state index in [0.29, 0.717) is 24.2 Å². The highest BCUT2D eigenvalue weighted by Crippen LogP contribution is 2.47. The van der Waals surface area contributed by atoms with E-state index in [9.17, 15) is 14.2 Å². The number of benzene rings is 1. The molecule has 1 aliphatic rings. The molecule has 0 spiro atoms. The molecule has 37 heavy (non-hydrogen) atoms. The maximum absolute atomic E-state index is 13.9.